The lowest BCUT2D eigenvalue weighted by atomic mass is 10.1. The van der Waals surface area contributed by atoms with Crippen LogP contribution < -0.4 is 10.6 Å². The summed E-state index contributed by atoms with van der Waals surface area (Å²) in [5, 5.41) is 5.44. The van der Waals surface area contributed by atoms with E-state index < -0.39 is 23.3 Å². The van der Waals surface area contributed by atoms with E-state index in [-0.39, 0.29) is 17.4 Å². The minimum Gasteiger partial charge on any atom is -0.367 e. The zero-order valence-electron chi connectivity index (χ0n) is 12.2. The first-order valence-corrected chi connectivity index (χ1v) is 6.77. The molecule has 0 radical (unpaired) electrons. The van der Waals surface area contributed by atoms with Crippen LogP contribution in [-0.4, -0.2) is 22.5 Å². The van der Waals surface area contributed by atoms with Gasteiger partial charge in [-0.1, -0.05) is 5.92 Å². The van der Waals surface area contributed by atoms with Gasteiger partial charge in [0, 0.05) is 6.04 Å². The number of rotatable bonds is 4. The first-order chi connectivity index (χ1) is 10.1. The molecule has 1 amide bonds. The minimum absolute atomic E-state index is 0.0447. The lowest BCUT2D eigenvalue weighted by Gasteiger charge is -2.21. The fraction of sp³-hybridized carbons (Fsp3) is 0.467. The van der Waals surface area contributed by atoms with Crippen LogP contribution in [0, 0.1) is 12.3 Å². The highest BCUT2D eigenvalue weighted by Gasteiger charge is 2.34. The molecule has 0 atom stereocenters. The number of carbonyl (C=O) groups is 1. The van der Waals surface area contributed by atoms with Crippen LogP contribution in [0.25, 0.3) is 0 Å². The largest absolute Gasteiger partial charge is 0.433 e. The molecule has 4 nitrogen and oxygen atoms in total. The van der Waals surface area contributed by atoms with E-state index in [1.807, 2.05) is 0 Å². The number of alkyl halides is 3. The molecule has 1 aromatic heterocycles. The number of anilines is 1. The van der Waals surface area contributed by atoms with Crippen molar-refractivity contribution in [3.8, 4) is 12.3 Å². The lowest BCUT2D eigenvalue weighted by molar-refractivity contribution is -0.141. The predicted octanol–water partition coefficient (Wildman–Crippen LogP) is 2.82. The molecule has 1 heterocycles. The molecule has 2 rings (SSSR count). The van der Waals surface area contributed by atoms with E-state index in [1.165, 1.54) is 0 Å². The normalized spacial score (nSPS) is 15.1. The van der Waals surface area contributed by atoms with Gasteiger partial charge in [0.2, 0.25) is 0 Å². The topological polar surface area (TPSA) is 54.0 Å². The maximum Gasteiger partial charge on any atom is 0.433 e. The molecule has 0 saturated heterocycles. The van der Waals surface area contributed by atoms with Crippen molar-refractivity contribution in [2.24, 2.45) is 0 Å². The van der Waals surface area contributed by atoms with E-state index >= 15 is 0 Å². The summed E-state index contributed by atoms with van der Waals surface area (Å²) in [4.78, 5) is 15.8. The first-order valence-electron chi connectivity index (χ1n) is 6.77. The summed E-state index contributed by atoms with van der Waals surface area (Å²) in [7, 11) is 0. The second-order valence-electron chi connectivity index (χ2n) is 5.73. The third-order valence-corrected chi connectivity index (χ3v) is 3.14. The summed E-state index contributed by atoms with van der Waals surface area (Å²) < 4.78 is 38.3. The molecule has 0 aliphatic heterocycles. The van der Waals surface area contributed by atoms with Crippen molar-refractivity contribution in [3.63, 3.8) is 0 Å². The van der Waals surface area contributed by atoms with Crippen molar-refractivity contribution in [1.29, 1.82) is 0 Å². The second-order valence-corrected chi connectivity index (χ2v) is 5.73. The average molecular weight is 311 g/mol. The Morgan fingerprint density at radius 3 is 2.50 bits per heavy atom. The summed E-state index contributed by atoms with van der Waals surface area (Å²) in [6.07, 6.45) is 2.42. The maximum atomic E-state index is 12.8. The molecule has 1 aliphatic carbocycles. The van der Waals surface area contributed by atoms with Crippen LogP contribution >= 0.6 is 0 Å². The van der Waals surface area contributed by atoms with Gasteiger partial charge < -0.3 is 10.6 Å². The summed E-state index contributed by atoms with van der Waals surface area (Å²) in [6, 6.07) is 1.96. The average Bonchev–Trinajstić information content (AvgIpc) is 3.21. The van der Waals surface area contributed by atoms with Crippen LogP contribution in [0.15, 0.2) is 12.1 Å². The Kier molecular flexibility index (Phi) is 4.05. The molecule has 1 saturated carbocycles. The zero-order chi connectivity index (χ0) is 16.5. The van der Waals surface area contributed by atoms with Gasteiger partial charge in [-0.05, 0) is 38.8 Å². The molecule has 0 bridgehead atoms. The highest BCUT2D eigenvalue weighted by molar-refractivity contribution is 5.99. The molecular formula is C15H16F3N3O. The fourth-order valence-electron chi connectivity index (χ4n) is 1.72. The second kappa shape index (κ2) is 5.52. The van der Waals surface area contributed by atoms with Crippen molar-refractivity contribution in [3.05, 3.63) is 23.4 Å². The Hall–Kier alpha value is -2.23. The molecule has 118 valence electrons. The number of hydrogen-bond donors (Lipinski definition) is 2. The Morgan fingerprint density at radius 2 is 2.00 bits per heavy atom. The molecular weight excluding hydrogens is 295 g/mol. The van der Waals surface area contributed by atoms with Crippen LogP contribution in [0.1, 0.15) is 42.7 Å². The lowest BCUT2D eigenvalue weighted by Crippen LogP contribution is -2.42. The van der Waals surface area contributed by atoms with Gasteiger partial charge in [0.1, 0.15) is 11.5 Å². The number of halogens is 3. The van der Waals surface area contributed by atoms with E-state index in [9.17, 15) is 18.0 Å². The molecule has 2 N–H and O–H groups in total. The third-order valence-electron chi connectivity index (χ3n) is 3.14. The van der Waals surface area contributed by atoms with Gasteiger partial charge in [-0.25, -0.2) is 4.98 Å². The van der Waals surface area contributed by atoms with E-state index in [4.69, 9.17) is 6.42 Å². The Balaban J connectivity index is 2.33. The number of pyridine rings is 1. The van der Waals surface area contributed by atoms with Crippen LogP contribution in [0.3, 0.4) is 0 Å². The number of hydrogen-bond acceptors (Lipinski definition) is 3. The van der Waals surface area contributed by atoms with Crippen molar-refractivity contribution in [2.45, 2.75) is 44.4 Å². The van der Waals surface area contributed by atoms with E-state index in [1.54, 1.807) is 13.8 Å². The summed E-state index contributed by atoms with van der Waals surface area (Å²) in [5.74, 6) is 1.77. The number of aromatic nitrogens is 1. The van der Waals surface area contributed by atoms with Crippen LogP contribution in [0.4, 0.5) is 19.0 Å². The van der Waals surface area contributed by atoms with Gasteiger partial charge in [0.15, 0.2) is 0 Å². The molecule has 7 heteroatoms. The van der Waals surface area contributed by atoms with Crippen LogP contribution in [0.5, 0.6) is 0 Å². The molecule has 1 fully saturated rings. The first kappa shape index (κ1) is 16.1. The smallest absolute Gasteiger partial charge is 0.367 e. The zero-order valence-corrected chi connectivity index (χ0v) is 12.2. The molecule has 0 unspecified atom stereocenters. The molecule has 1 aliphatic rings. The van der Waals surface area contributed by atoms with Gasteiger partial charge in [-0.3, -0.25) is 4.79 Å². The monoisotopic (exact) mass is 311 g/mol. The van der Waals surface area contributed by atoms with Gasteiger partial charge in [0.25, 0.3) is 5.91 Å². The van der Waals surface area contributed by atoms with Crippen molar-refractivity contribution in [2.75, 3.05) is 5.32 Å². The maximum absolute atomic E-state index is 12.8. The highest BCUT2D eigenvalue weighted by Crippen LogP contribution is 2.31. The number of amides is 1. The predicted molar refractivity (Wildman–Crippen MR) is 76.3 cm³/mol. The number of terminal acetylenes is 1. The van der Waals surface area contributed by atoms with Crippen molar-refractivity contribution < 1.29 is 18.0 Å². The number of carbonyl (C=O) groups excluding carboxylic acids is 1. The number of nitrogens with zero attached hydrogens (tertiary/aromatic N) is 1. The van der Waals surface area contributed by atoms with E-state index in [0.29, 0.717) is 0 Å². The molecule has 0 spiro atoms. The standard InChI is InChI=1S/C15H16F3N3O/c1-4-14(2,3)21-13(22)10-7-8-11(15(16,17)18)20-12(10)19-9-5-6-9/h1,7-9H,5-6H2,2-3H3,(H,19,20)(H,21,22). The molecule has 0 aromatic carbocycles. The number of nitrogens with one attached hydrogen (secondary N) is 2. The summed E-state index contributed by atoms with van der Waals surface area (Å²) in [5.41, 5.74) is -1.90. The van der Waals surface area contributed by atoms with Crippen molar-refractivity contribution >= 4 is 11.7 Å². The van der Waals surface area contributed by atoms with Crippen LogP contribution in [-0.2, 0) is 6.18 Å². The summed E-state index contributed by atoms with van der Waals surface area (Å²) >= 11 is 0. The third kappa shape index (κ3) is 3.91. The van der Waals surface area contributed by atoms with Crippen LogP contribution in [0.2, 0.25) is 0 Å². The Bertz CT molecular complexity index is 628. The van der Waals surface area contributed by atoms with E-state index in [2.05, 4.69) is 21.5 Å². The SMILES string of the molecule is C#CC(C)(C)NC(=O)c1ccc(C(F)(F)F)nc1NC1CC1. The van der Waals surface area contributed by atoms with Crippen molar-refractivity contribution in [1.82, 2.24) is 10.3 Å². The van der Waals surface area contributed by atoms with Gasteiger partial charge in [-0.2, -0.15) is 13.2 Å². The van der Waals surface area contributed by atoms with E-state index in [0.717, 1.165) is 25.0 Å². The highest BCUT2D eigenvalue weighted by atomic mass is 19.4. The Morgan fingerprint density at radius 1 is 1.36 bits per heavy atom. The summed E-state index contributed by atoms with van der Waals surface area (Å²) in [6.45, 7) is 3.24. The molecule has 22 heavy (non-hydrogen) atoms. The fourth-order valence-corrected chi connectivity index (χ4v) is 1.72. The quantitative estimate of drug-likeness (QED) is 0.841. The van der Waals surface area contributed by atoms with Gasteiger partial charge in [-0.15, -0.1) is 6.42 Å². The Labute approximate surface area is 126 Å². The van der Waals surface area contributed by atoms with Gasteiger partial charge in [0.05, 0.1) is 11.1 Å². The molecule has 1 aromatic rings. The van der Waals surface area contributed by atoms with Gasteiger partial charge >= 0.3 is 6.18 Å². The minimum atomic E-state index is -4.56.